The Bertz CT molecular complexity index is 1220. The van der Waals surface area contributed by atoms with Crippen molar-refractivity contribution in [2.45, 2.75) is 50.8 Å². The molecule has 1 unspecified atom stereocenters. The molecule has 4 heterocycles. The molecule has 3 aliphatic rings. The molecule has 0 bridgehead atoms. The Hall–Kier alpha value is -2.56. The highest BCUT2D eigenvalue weighted by Crippen LogP contribution is 2.42. The molecule has 10 heteroatoms. The lowest BCUT2D eigenvalue weighted by Crippen LogP contribution is -2.43. The van der Waals surface area contributed by atoms with Gasteiger partial charge in [0.25, 0.3) is 0 Å². The monoisotopic (exact) mass is 500 g/mol. The van der Waals surface area contributed by atoms with Crippen LogP contribution in [-0.2, 0) is 21.2 Å². The molecule has 0 saturated carbocycles. The predicted octanol–water partition coefficient (Wildman–Crippen LogP) is 2.27. The third-order valence-corrected chi connectivity index (χ3v) is 9.60. The summed E-state index contributed by atoms with van der Waals surface area (Å²) in [6.07, 6.45) is 5.47. The summed E-state index contributed by atoms with van der Waals surface area (Å²) in [5.74, 6) is 0.451. The lowest BCUT2D eigenvalue weighted by molar-refractivity contribution is 0.0534. The number of aromatic nitrogens is 2. The number of ether oxygens (including phenoxy) is 1. The molecule has 3 aliphatic heterocycles. The number of likely N-dealkylation sites (tertiary alicyclic amines) is 1. The summed E-state index contributed by atoms with van der Waals surface area (Å²) >= 11 is 0. The number of hydrogen-bond donors (Lipinski definition) is 1. The van der Waals surface area contributed by atoms with Crippen molar-refractivity contribution >= 4 is 21.6 Å². The number of rotatable bonds is 6. The van der Waals surface area contributed by atoms with Crippen LogP contribution in [0.15, 0.2) is 29.6 Å². The van der Waals surface area contributed by atoms with Gasteiger partial charge in [0.1, 0.15) is 12.4 Å². The maximum absolute atomic E-state index is 12.0. The minimum absolute atomic E-state index is 0.0131. The Kier molecular flexibility index (Phi) is 6.31. The molecular weight excluding hydrogens is 468 g/mol. The van der Waals surface area contributed by atoms with E-state index in [0.29, 0.717) is 12.1 Å². The van der Waals surface area contributed by atoms with Crippen molar-refractivity contribution in [2.24, 2.45) is 5.41 Å². The summed E-state index contributed by atoms with van der Waals surface area (Å²) in [4.78, 5) is 24.9. The molecule has 9 nitrogen and oxygen atoms in total. The van der Waals surface area contributed by atoms with Gasteiger partial charge in [-0.1, -0.05) is 13.0 Å². The highest BCUT2D eigenvalue weighted by atomic mass is 32.2. The number of carbonyl (C=O) groups is 1. The van der Waals surface area contributed by atoms with Gasteiger partial charge in [-0.3, -0.25) is 0 Å². The standard InChI is InChI=1S/C25H32N4O5S/c1-3-35(32,33)23-13-26-22(12-27-23)29-11-8-25(16-29)6-9-28(10-7-25)14-21(30)18-4-5-19-20(17(18)2)15-34-24(19)31/h4-5,12-13,21,30H,3,6-11,14-16H2,1-2H3. The molecule has 35 heavy (non-hydrogen) atoms. The van der Waals surface area contributed by atoms with E-state index in [1.807, 2.05) is 13.0 Å². The summed E-state index contributed by atoms with van der Waals surface area (Å²) in [7, 11) is -3.35. The van der Waals surface area contributed by atoms with Crippen molar-refractivity contribution in [2.75, 3.05) is 43.4 Å². The van der Waals surface area contributed by atoms with Gasteiger partial charge >= 0.3 is 5.97 Å². The Balaban J connectivity index is 1.18. The molecule has 1 aromatic carbocycles. The molecule has 2 fully saturated rings. The van der Waals surface area contributed by atoms with Gasteiger partial charge in [-0.25, -0.2) is 23.2 Å². The van der Waals surface area contributed by atoms with Gasteiger partial charge in [-0.05, 0) is 61.9 Å². The van der Waals surface area contributed by atoms with Gasteiger partial charge < -0.3 is 19.6 Å². The maximum atomic E-state index is 12.0. The average Bonchev–Trinajstić information content (AvgIpc) is 3.45. The van der Waals surface area contributed by atoms with E-state index in [2.05, 4.69) is 19.8 Å². The van der Waals surface area contributed by atoms with Gasteiger partial charge in [0.2, 0.25) is 0 Å². The second kappa shape index (κ2) is 9.15. The topological polar surface area (TPSA) is 113 Å². The zero-order valence-electron chi connectivity index (χ0n) is 20.2. The van der Waals surface area contributed by atoms with Crippen LogP contribution in [0.5, 0.6) is 0 Å². The van der Waals surface area contributed by atoms with E-state index in [0.717, 1.165) is 67.9 Å². The third-order valence-electron chi connectivity index (χ3n) is 7.99. The molecule has 1 aromatic heterocycles. The number of nitrogens with zero attached hydrogens (tertiary/aromatic N) is 4. The van der Waals surface area contributed by atoms with E-state index < -0.39 is 15.9 Å². The molecule has 1 N–H and O–H groups in total. The third kappa shape index (κ3) is 4.54. The van der Waals surface area contributed by atoms with Gasteiger partial charge in [0, 0.05) is 25.2 Å². The number of piperidine rings is 1. The quantitative estimate of drug-likeness (QED) is 0.597. The summed E-state index contributed by atoms with van der Waals surface area (Å²) in [6, 6.07) is 3.62. The number of hydrogen-bond acceptors (Lipinski definition) is 9. The lowest BCUT2D eigenvalue weighted by Gasteiger charge is -2.40. The number of β-amino-alcohol motifs (C(OH)–C–C–N with tert-alkyl or cyclic N) is 1. The number of anilines is 1. The minimum Gasteiger partial charge on any atom is -0.457 e. The number of carbonyl (C=O) groups excluding carboxylic acids is 1. The lowest BCUT2D eigenvalue weighted by atomic mass is 9.77. The number of fused-ring (bicyclic) bond motifs is 1. The first kappa shape index (κ1) is 24.1. The highest BCUT2D eigenvalue weighted by Gasteiger charge is 2.41. The van der Waals surface area contributed by atoms with E-state index >= 15 is 0 Å². The Morgan fingerprint density at radius 1 is 1.14 bits per heavy atom. The number of esters is 1. The van der Waals surface area contributed by atoms with Crippen molar-refractivity contribution < 1.29 is 23.1 Å². The fourth-order valence-electron chi connectivity index (χ4n) is 5.60. The second-order valence-corrected chi connectivity index (χ2v) is 12.2. The molecule has 0 aliphatic carbocycles. The normalized spacial score (nSPS) is 20.8. The molecule has 0 radical (unpaired) electrons. The van der Waals surface area contributed by atoms with Crippen LogP contribution in [0.1, 0.15) is 59.3 Å². The van der Waals surface area contributed by atoms with Crippen LogP contribution in [0, 0.1) is 12.3 Å². The minimum atomic E-state index is -3.35. The van der Waals surface area contributed by atoms with E-state index in [-0.39, 0.29) is 28.8 Å². The van der Waals surface area contributed by atoms with Crippen molar-refractivity contribution in [3.05, 3.63) is 46.8 Å². The summed E-state index contributed by atoms with van der Waals surface area (Å²) in [5.41, 5.74) is 3.51. The second-order valence-electron chi connectivity index (χ2n) is 9.99. The van der Waals surface area contributed by atoms with Crippen molar-refractivity contribution in [3.8, 4) is 0 Å². The maximum Gasteiger partial charge on any atom is 0.338 e. The smallest absolute Gasteiger partial charge is 0.338 e. The van der Waals surface area contributed by atoms with E-state index in [4.69, 9.17) is 4.74 Å². The SMILES string of the molecule is CCS(=O)(=O)c1cnc(N2CCC3(CCN(CC(O)c4ccc5c(c4C)COC5=O)CC3)C2)cn1. The Labute approximate surface area is 206 Å². The van der Waals surface area contributed by atoms with Crippen molar-refractivity contribution in [1.29, 1.82) is 0 Å². The van der Waals surface area contributed by atoms with Gasteiger partial charge in [0.05, 0.1) is 29.8 Å². The zero-order chi connectivity index (χ0) is 24.8. The first-order valence-corrected chi connectivity index (χ1v) is 13.9. The Morgan fingerprint density at radius 3 is 2.57 bits per heavy atom. The highest BCUT2D eigenvalue weighted by molar-refractivity contribution is 7.91. The van der Waals surface area contributed by atoms with E-state index in [1.165, 1.54) is 6.20 Å². The molecule has 188 valence electrons. The predicted molar refractivity (Wildman–Crippen MR) is 130 cm³/mol. The van der Waals surface area contributed by atoms with Gasteiger partial charge in [-0.15, -0.1) is 0 Å². The van der Waals surface area contributed by atoms with Crippen LogP contribution < -0.4 is 4.90 Å². The van der Waals surface area contributed by atoms with Crippen LogP contribution in [0.3, 0.4) is 0 Å². The van der Waals surface area contributed by atoms with E-state index in [9.17, 15) is 18.3 Å². The number of aliphatic hydroxyl groups excluding tert-OH is 1. The van der Waals surface area contributed by atoms with Crippen LogP contribution in [-0.4, -0.2) is 72.8 Å². The van der Waals surface area contributed by atoms with Crippen molar-refractivity contribution in [3.63, 3.8) is 0 Å². The van der Waals surface area contributed by atoms with Crippen molar-refractivity contribution in [1.82, 2.24) is 14.9 Å². The first-order valence-electron chi connectivity index (χ1n) is 12.2. The molecule has 1 atom stereocenters. The fourth-order valence-corrected chi connectivity index (χ4v) is 6.32. The largest absolute Gasteiger partial charge is 0.457 e. The van der Waals surface area contributed by atoms with Crippen LogP contribution in [0.2, 0.25) is 0 Å². The van der Waals surface area contributed by atoms with Crippen LogP contribution in [0.4, 0.5) is 5.82 Å². The molecule has 2 saturated heterocycles. The molecule has 0 amide bonds. The summed E-state index contributed by atoms with van der Waals surface area (Å²) < 4.78 is 29.1. The Morgan fingerprint density at radius 2 is 1.89 bits per heavy atom. The molecule has 5 rings (SSSR count). The number of benzene rings is 1. The number of aliphatic hydroxyl groups is 1. The number of cyclic esters (lactones) is 1. The molecule has 2 aromatic rings. The zero-order valence-corrected chi connectivity index (χ0v) is 21.1. The molecule has 1 spiro atoms. The van der Waals surface area contributed by atoms with E-state index in [1.54, 1.807) is 19.2 Å². The van der Waals surface area contributed by atoms with Crippen LogP contribution in [0.25, 0.3) is 0 Å². The molecular formula is C25H32N4O5S. The fraction of sp³-hybridized carbons (Fsp3) is 0.560. The average molecular weight is 501 g/mol. The summed E-state index contributed by atoms with van der Waals surface area (Å²) in [6.45, 7) is 7.99. The van der Waals surface area contributed by atoms with Gasteiger partial charge in [0.15, 0.2) is 14.9 Å². The summed E-state index contributed by atoms with van der Waals surface area (Å²) in [5, 5.41) is 11.0. The number of sulfone groups is 1. The van der Waals surface area contributed by atoms with Gasteiger partial charge in [-0.2, -0.15) is 0 Å². The van der Waals surface area contributed by atoms with Crippen LogP contribution >= 0.6 is 0 Å². The first-order chi connectivity index (χ1) is 16.7.